The van der Waals surface area contributed by atoms with Gasteiger partial charge in [-0.25, -0.2) is 4.72 Å². The summed E-state index contributed by atoms with van der Waals surface area (Å²) in [6.45, 7) is 3.83. The SMILES string of the molecule is C=S(C)(=O)N[C@H]1CCCc2c(-c3noc(-c4ccc(OC(C)C)c(C#N)c4)n3)cccc21. The summed E-state index contributed by atoms with van der Waals surface area (Å²) >= 11 is 0. The first kappa shape index (κ1) is 22.1. The van der Waals surface area contributed by atoms with Crippen molar-refractivity contribution < 1.29 is 13.5 Å². The second-order valence-electron chi connectivity index (χ2n) is 8.35. The molecule has 0 spiro atoms. The minimum Gasteiger partial charge on any atom is -0.490 e. The molecule has 1 heterocycles. The highest BCUT2D eigenvalue weighted by Gasteiger charge is 2.25. The number of hydrogen-bond donors (Lipinski definition) is 1. The lowest BCUT2D eigenvalue weighted by Gasteiger charge is -2.28. The van der Waals surface area contributed by atoms with E-state index in [1.165, 1.54) is 0 Å². The highest BCUT2D eigenvalue weighted by atomic mass is 32.2. The van der Waals surface area contributed by atoms with Crippen LogP contribution >= 0.6 is 0 Å². The summed E-state index contributed by atoms with van der Waals surface area (Å²) in [7, 11) is -2.33. The van der Waals surface area contributed by atoms with Gasteiger partial charge in [-0.05, 0) is 68.3 Å². The number of rotatable bonds is 6. The van der Waals surface area contributed by atoms with Crippen molar-refractivity contribution in [3.8, 4) is 34.7 Å². The Labute approximate surface area is 188 Å². The predicted octanol–water partition coefficient (Wildman–Crippen LogP) is 4.29. The summed E-state index contributed by atoms with van der Waals surface area (Å²) in [5.74, 6) is 5.09. The maximum Gasteiger partial charge on any atom is 0.258 e. The number of nitriles is 1. The molecule has 4 rings (SSSR count). The van der Waals surface area contributed by atoms with Crippen molar-refractivity contribution in [3.63, 3.8) is 0 Å². The average Bonchev–Trinajstić information content (AvgIpc) is 3.22. The van der Waals surface area contributed by atoms with Crippen molar-refractivity contribution in [1.29, 1.82) is 5.26 Å². The first-order valence-corrected chi connectivity index (χ1v) is 12.6. The van der Waals surface area contributed by atoms with E-state index in [9.17, 15) is 9.47 Å². The topological polar surface area (TPSA) is 101 Å². The zero-order chi connectivity index (χ0) is 22.9. The summed E-state index contributed by atoms with van der Waals surface area (Å²) in [4.78, 5) is 4.61. The maximum atomic E-state index is 12.2. The minimum absolute atomic E-state index is 0.0215. The average molecular weight is 451 g/mol. The number of nitrogens with one attached hydrogen (secondary N) is 1. The van der Waals surface area contributed by atoms with Gasteiger partial charge in [0.1, 0.15) is 11.8 Å². The normalized spacial score (nSPS) is 17.4. The number of fused-ring (bicyclic) bond motifs is 1. The Morgan fingerprint density at radius 3 is 2.88 bits per heavy atom. The Hall–Kier alpha value is -3.15. The van der Waals surface area contributed by atoms with Crippen LogP contribution in [0.2, 0.25) is 0 Å². The highest BCUT2D eigenvalue weighted by molar-refractivity contribution is 7.97. The van der Waals surface area contributed by atoms with Gasteiger partial charge in [-0.2, -0.15) is 10.2 Å². The molecule has 32 heavy (non-hydrogen) atoms. The van der Waals surface area contributed by atoms with Gasteiger partial charge < -0.3 is 9.26 Å². The molecule has 0 aliphatic heterocycles. The zero-order valence-corrected chi connectivity index (χ0v) is 19.2. The van der Waals surface area contributed by atoms with Crippen molar-refractivity contribution in [2.45, 2.75) is 45.3 Å². The number of benzene rings is 2. The summed E-state index contributed by atoms with van der Waals surface area (Å²) in [6, 6.07) is 13.4. The first-order valence-electron chi connectivity index (χ1n) is 10.5. The minimum atomic E-state index is -2.33. The summed E-state index contributed by atoms with van der Waals surface area (Å²) < 4.78 is 26.6. The van der Waals surface area contributed by atoms with Gasteiger partial charge in [0.05, 0.1) is 11.7 Å². The lowest BCUT2D eigenvalue weighted by atomic mass is 9.85. The molecule has 2 atom stereocenters. The Bertz CT molecular complexity index is 1290. The third-order valence-electron chi connectivity index (χ3n) is 5.28. The fourth-order valence-corrected chi connectivity index (χ4v) is 4.89. The molecular formula is C24H26N4O3S. The molecule has 0 saturated heterocycles. The Balaban J connectivity index is 1.68. The lowest BCUT2D eigenvalue weighted by molar-refractivity contribution is 0.241. The first-order chi connectivity index (χ1) is 15.2. The fourth-order valence-electron chi connectivity index (χ4n) is 4.04. The van der Waals surface area contributed by atoms with E-state index >= 15 is 0 Å². The Morgan fingerprint density at radius 2 is 2.16 bits per heavy atom. The third-order valence-corrected chi connectivity index (χ3v) is 6.06. The molecule has 166 valence electrons. The standard InChI is InChI=1S/C24H26N4O3S/c1-15(2)30-22-12-11-16(13-17(22)14-25)24-26-23(27-31-24)20-9-5-8-19-18(20)7-6-10-21(19)28-32(3,4)29/h5,8-9,11-13,15,21H,3,6-7,10H2,1-2,4H3,(H,28,29)/t21-,32?/m0/s1. The number of nitrogens with zero attached hydrogens (tertiary/aromatic N) is 3. The zero-order valence-electron chi connectivity index (χ0n) is 18.4. The van der Waals surface area contributed by atoms with Crippen LogP contribution in [0.25, 0.3) is 22.8 Å². The molecule has 1 unspecified atom stereocenters. The van der Waals surface area contributed by atoms with Gasteiger partial charge in [0.2, 0.25) is 5.82 Å². The van der Waals surface area contributed by atoms with Gasteiger partial charge in [-0.15, -0.1) is 0 Å². The van der Waals surface area contributed by atoms with Gasteiger partial charge in [0, 0.05) is 33.1 Å². The smallest absolute Gasteiger partial charge is 0.258 e. The molecule has 1 aliphatic rings. The lowest BCUT2D eigenvalue weighted by Crippen LogP contribution is -2.30. The van der Waals surface area contributed by atoms with Crippen LogP contribution in [0.15, 0.2) is 40.9 Å². The number of hydrogen-bond acceptors (Lipinski definition) is 6. The van der Waals surface area contributed by atoms with E-state index in [1.54, 1.807) is 18.4 Å². The quantitative estimate of drug-likeness (QED) is 0.562. The van der Waals surface area contributed by atoms with E-state index in [4.69, 9.17) is 9.26 Å². The Morgan fingerprint density at radius 1 is 1.34 bits per heavy atom. The monoisotopic (exact) mass is 450 g/mol. The van der Waals surface area contributed by atoms with E-state index in [2.05, 4.69) is 32.9 Å². The molecule has 1 N–H and O–H groups in total. The molecular weight excluding hydrogens is 424 g/mol. The van der Waals surface area contributed by atoms with Gasteiger partial charge in [-0.3, -0.25) is 4.21 Å². The molecule has 8 heteroatoms. The van der Waals surface area contributed by atoms with Gasteiger partial charge in [0.25, 0.3) is 5.89 Å². The molecule has 0 bridgehead atoms. The van der Waals surface area contributed by atoms with Gasteiger partial charge >= 0.3 is 0 Å². The molecule has 2 aromatic carbocycles. The van der Waals surface area contributed by atoms with Crippen LogP contribution in [-0.2, 0) is 16.1 Å². The number of ether oxygens (including phenoxy) is 1. The molecule has 3 aromatic rings. The van der Waals surface area contributed by atoms with Gasteiger partial charge in [0.15, 0.2) is 0 Å². The van der Waals surface area contributed by atoms with Crippen LogP contribution in [0.5, 0.6) is 5.75 Å². The molecule has 0 saturated carbocycles. The van der Waals surface area contributed by atoms with E-state index in [1.807, 2.05) is 32.0 Å². The molecule has 0 radical (unpaired) electrons. The van der Waals surface area contributed by atoms with Crippen LogP contribution in [-0.4, -0.2) is 32.6 Å². The Kier molecular flexibility index (Phi) is 6.04. The van der Waals surface area contributed by atoms with Crippen molar-refractivity contribution in [3.05, 3.63) is 53.1 Å². The predicted molar refractivity (Wildman–Crippen MR) is 126 cm³/mol. The van der Waals surface area contributed by atoms with Crippen molar-refractivity contribution in [1.82, 2.24) is 14.9 Å². The third kappa shape index (κ3) is 4.69. The number of aromatic nitrogens is 2. The van der Waals surface area contributed by atoms with Gasteiger partial charge in [-0.1, -0.05) is 23.4 Å². The van der Waals surface area contributed by atoms with E-state index in [0.717, 1.165) is 36.0 Å². The van der Waals surface area contributed by atoms with Crippen molar-refractivity contribution in [2.24, 2.45) is 0 Å². The van der Waals surface area contributed by atoms with Crippen molar-refractivity contribution >= 4 is 15.6 Å². The summed E-state index contributed by atoms with van der Waals surface area (Å²) in [6.07, 6.45) is 4.33. The van der Waals surface area contributed by atoms with Crippen LogP contribution in [0.1, 0.15) is 49.4 Å². The molecule has 7 nitrogen and oxygen atoms in total. The summed E-state index contributed by atoms with van der Waals surface area (Å²) in [5.41, 5.74) is 4.20. The van der Waals surface area contributed by atoms with E-state index in [0.29, 0.717) is 28.6 Å². The van der Waals surface area contributed by atoms with Crippen LogP contribution < -0.4 is 9.46 Å². The molecule has 0 fully saturated rings. The largest absolute Gasteiger partial charge is 0.490 e. The van der Waals surface area contributed by atoms with Crippen LogP contribution in [0.4, 0.5) is 0 Å². The van der Waals surface area contributed by atoms with Crippen molar-refractivity contribution in [2.75, 3.05) is 6.26 Å². The molecule has 1 aliphatic carbocycles. The van der Waals surface area contributed by atoms with E-state index in [-0.39, 0.29) is 12.1 Å². The fraction of sp³-hybridized carbons (Fsp3) is 0.333. The second-order valence-corrected chi connectivity index (χ2v) is 10.6. The van der Waals surface area contributed by atoms with Crippen LogP contribution in [0, 0.1) is 11.3 Å². The molecule has 1 aromatic heterocycles. The van der Waals surface area contributed by atoms with E-state index < -0.39 is 9.71 Å². The highest BCUT2D eigenvalue weighted by Crippen LogP contribution is 2.36. The summed E-state index contributed by atoms with van der Waals surface area (Å²) in [5, 5.41) is 13.7. The molecule has 0 amide bonds. The maximum absolute atomic E-state index is 12.2. The second kappa shape index (κ2) is 8.77. The van der Waals surface area contributed by atoms with Crippen LogP contribution in [0.3, 0.4) is 0 Å².